The summed E-state index contributed by atoms with van der Waals surface area (Å²) in [6.07, 6.45) is -9.38. The fraction of sp³-hybridized carbons (Fsp3) is 0.400. The lowest BCUT2D eigenvalue weighted by atomic mass is 10.1. The van der Waals surface area contributed by atoms with Crippen molar-refractivity contribution in [3.8, 4) is 0 Å². The zero-order valence-electron chi connectivity index (χ0n) is 12.8. The van der Waals surface area contributed by atoms with Gasteiger partial charge in [-0.1, -0.05) is 0 Å². The summed E-state index contributed by atoms with van der Waals surface area (Å²) in [4.78, 5) is 14.5. The topological polar surface area (TPSA) is 36.1 Å². The molecular weight excluding hydrogens is 374 g/mol. The van der Waals surface area contributed by atoms with E-state index < -0.39 is 41.4 Å². The predicted molar refractivity (Wildman–Crippen MR) is 83.2 cm³/mol. The largest absolute Gasteiger partial charge is 0.417 e. The van der Waals surface area contributed by atoms with Crippen LogP contribution in [0.5, 0.6) is 0 Å². The number of aromatic amines is 1. The molecule has 2 aromatic rings. The van der Waals surface area contributed by atoms with E-state index in [-0.39, 0.29) is 17.1 Å². The molecule has 0 aliphatic rings. The molecule has 0 aliphatic carbocycles. The van der Waals surface area contributed by atoms with Crippen LogP contribution in [0.15, 0.2) is 29.1 Å². The van der Waals surface area contributed by atoms with E-state index in [1.54, 1.807) is 0 Å². The highest BCUT2D eigenvalue weighted by Gasteiger charge is 2.35. The molecule has 138 valence electrons. The Morgan fingerprint density at radius 2 is 1.80 bits per heavy atom. The number of hydrogen-bond donors (Lipinski definition) is 1. The summed E-state index contributed by atoms with van der Waals surface area (Å²) in [7, 11) is 0. The number of pyridine rings is 1. The third kappa shape index (κ3) is 4.59. The highest BCUT2D eigenvalue weighted by molar-refractivity contribution is 6.18. The minimum Gasteiger partial charge on any atom is -0.359 e. The Balaban J connectivity index is 2.65. The van der Waals surface area contributed by atoms with E-state index in [4.69, 9.17) is 11.6 Å². The molecule has 1 N–H and O–H groups in total. The molecular formula is C15H13ClF6N2O. The minimum absolute atomic E-state index is 0.0736. The maximum atomic E-state index is 13.2. The quantitative estimate of drug-likeness (QED) is 0.618. The van der Waals surface area contributed by atoms with E-state index in [0.717, 1.165) is 17.0 Å². The Kier molecular flexibility index (Phi) is 5.27. The number of aromatic nitrogens is 1. The summed E-state index contributed by atoms with van der Waals surface area (Å²) in [5, 5.41) is -0.390. The summed E-state index contributed by atoms with van der Waals surface area (Å²) in [5.74, 6) is -0.147. The van der Waals surface area contributed by atoms with Crippen LogP contribution in [0.3, 0.4) is 0 Å². The summed E-state index contributed by atoms with van der Waals surface area (Å²) >= 11 is 5.63. The number of rotatable bonds is 4. The first-order chi connectivity index (χ1) is 11.4. The van der Waals surface area contributed by atoms with Gasteiger partial charge >= 0.3 is 12.4 Å². The average molecular weight is 387 g/mol. The zero-order valence-corrected chi connectivity index (χ0v) is 13.6. The second-order valence-corrected chi connectivity index (χ2v) is 5.83. The number of nitrogens with one attached hydrogen (secondary N) is 1. The van der Waals surface area contributed by atoms with E-state index in [1.165, 1.54) is 13.0 Å². The van der Waals surface area contributed by atoms with Gasteiger partial charge in [0.25, 0.3) is 0 Å². The molecule has 0 bridgehead atoms. The Hall–Kier alpha value is -1.90. The first-order valence-electron chi connectivity index (χ1n) is 7.06. The van der Waals surface area contributed by atoms with Gasteiger partial charge in [0.1, 0.15) is 6.54 Å². The second kappa shape index (κ2) is 6.78. The summed E-state index contributed by atoms with van der Waals surface area (Å²) in [6, 6.07) is 2.95. The molecule has 0 unspecified atom stereocenters. The number of halogens is 7. The van der Waals surface area contributed by atoms with Gasteiger partial charge in [0, 0.05) is 34.6 Å². The maximum Gasteiger partial charge on any atom is 0.417 e. The fourth-order valence-electron chi connectivity index (χ4n) is 2.43. The monoisotopic (exact) mass is 386 g/mol. The van der Waals surface area contributed by atoms with Crippen LogP contribution in [-0.4, -0.2) is 29.6 Å². The Bertz CT molecular complexity index is 814. The van der Waals surface area contributed by atoms with Crippen molar-refractivity contribution in [2.24, 2.45) is 0 Å². The Labute approximate surface area is 143 Å². The maximum absolute atomic E-state index is 13.2. The highest BCUT2D eigenvalue weighted by atomic mass is 35.5. The number of anilines is 1. The number of hydrogen-bond acceptors (Lipinski definition) is 2. The number of H-pyrrole nitrogens is 1. The fourth-order valence-corrected chi connectivity index (χ4v) is 2.60. The van der Waals surface area contributed by atoms with Gasteiger partial charge < -0.3 is 9.88 Å². The number of nitrogens with zero attached hydrogens (tertiary/aromatic N) is 1. The van der Waals surface area contributed by atoms with Crippen LogP contribution < -0.4 is 10.5 Å². The molecule has 0 saturated heterocycles. The standard InChI is InChI=1S/C15H13ClF6N2O/c1-8(6-16)24(7-14(17,18)19)9-2-3-12-10(4-9)11(15(20,21)22)5-13(25)23-12/h2-5,8H,6-7H2,1H3,(H,23,25)/t8-/m0/s1. The van der Waals surface area contributed by atoms with Crippen molar-refractivity contribution in [3.63, 3.8) is 0 Å². The van der Waals surface area contributed by atoms with Gasteiger partial charge in [-0.05, 0) is 25.1 Å². The van der Waals surface area contributed by atoms with Crippen LogP contribution in [0.25, 0.3) is 10.9 Å². The lowest BCUT2D eigenvalue weighted by Gasteiger charge is -2.31. The minimum atomic E-state index is -4.82. The molecule has 1 aromatic heterocycles. The van der Waals surface area contributed by atoms with Crippen molar-refractivity contribution in [2.45, 2.75) is 25.3 Å². The molecule has 2 rings (SSSR count). The molecule has 25 heavy (non-hydrogen) atoms. The summed E-state index contributed by atoms with van der Waals surface area (Å²) in [5.41, 5.74) is -2.35. The molecule has 1 atom stereocenters. The van der Waals surface area contributed by atoms with Crippen molar-refractivity contribution in [1.82, 2.24) is 4.98 Å². The summed E-state index contributed by atoms with van der Waals surface area (Å²) in [6.45, 7) is 0.0670. The van der Waals surface area contributed by atoms with Crippen LogP contribution in [0.4, 0.5) is 32.0 Å². The van der Waals surface area contributed by atoms with Gasteiger partial charge in [-0.25, -0.2) is 0 Å². The molecule has 0 amide bonds. The van der Waals surface area contributed by atoms with Crippen molar-refractivity contribution in [1.29, 1.82) is 0 Å². The second-order valence-electron chi connectivity index (χ2n) is 5.52. The highest BCUT2D eigenvalue weighted by Crippen LogP contribution is 2.35. The zero-order chi connectivity index (χ0) is 19.0. The Morgan fingerprint density at radius 1 is 1.16 bits per heavy atom. The average Bonchev–Trinajstić information content (AvgIpc) is 2.49. The van der Waals surface area contributed by atoms with Gasteiger partial charge in [-0.2, -0.15) is 26.3 Å². The van der Waals surface area contributed by atoms with Crippen LogP contribution in [0.1, 0.15) is 12.5 Å². The van der Waals surface area contributed by atoms with Gasteiger partial charge in [-0.15, -0.1) is 11.6 Å². The van der Waals surface area contributed by atoms with Gasteiger partial charge in [0.2, 0.25) is 5.56 Å². The van der Waals surface area contributed by atoms with Crippen LogP contribution in [-0.2, 0) is 6.18 Å². The molecule has 0 aliphatic heterocycles. The number of benzene rings is 1. The molecule has 0 radical (unpaired) electrons. The lowest BCUT2D eigenvalue weighted by molar-refractivity contribution is -0.136. The summed E-state index contributed by atoms with van der Waals surface area (Å²) < 4.78 is 77.9. The number of alkyl halides is 7. The SMILES string of the molecule is C[C@@H](CCl)N(CC(F)(F)F)c1ccc2[nH]c(=O)cc(C(F)(F)F)c2c1. The Morgan fingerprint density at radius 3 is 2.32 bits per heavy atom. The molecule has 1 aromatic carbocycles. The third-order valence-corrected chi connectivity index (χ3v) is 4.02. The van der Waals surface area contributed by atoms with E-state index in [9.17, 15) is 31.1 Å². The van der Waals surface area contributed by atoms with Gasteiger partial charge in [0.15, 0.2) is 0 Å². The normalized spacial score (nSPS) is 13.9. The molecule has 0 fully saturated rings. The molecule has 0 spiro atoms. The van der Waals surface area contributed by atoms with Crippen molar-refractivity contribution in [2.75, 3.05) is 17.3 Å². The first kappa shape index (κ1) is 19.4. The molecule has 0 saturated carbocycles. The number of fused-ring (bicyclic) bond motifs is 1. The van der Waals surface area contributed by atoms with Gasteiger partial charge in [-0.3, -0.25) is 4.79 Å². The predicted octanol–water partition coefficient (Wildman–Crippen LogP) is 4.54. The smallest absolute Gasteiger partial charge is 0.359 e. The van der Waals surface area contributed by atoms with Crippen LogP contribution in [0, 0.1) is 0 Å². The van der Waals surface area contributed by atoms with Crippen molar-refractivity contribution >= 4 is 28.2 Å². The van der Waals surface area contributed by atoms with E-state index in [1.807, 2.05) is 0 Å². The van der Waals surface area contributed by atoms with Gasteiger partial charge in [0.05, 0.1) is 5.56 Å². The van der Waals surface area contributed by atoms with Crippen LogP contribution >= 0.6 is 11.6 Å². The molecule has 3 nitrogen and oxygen atoms in total. The van der Waals surface area contributed by atoms with E-state index >= 15 is 0 Å². The lowest BCUT2D eigenvalue weighted by Crippen LogP contribution is -2.41. The van der Waals surface area contributed by atoms with E-state index in [0.29, 0.717) is 6.07 Å². The third-order valence-electron chi connectivity index (χ3n) is 3.57. The van der Waals surface area contributed by atoms with Crippen molar-refractivity contribution in [3.05, 3.63) is 40.2 Å². The first-order valence-corrected chi connectivity index (χ1v) is 7.59. The van der Waals surface area contributed by atoms with E-state index in [2.05, 4.69) is 4.98 Å². The van der Waals surface area contributed by atoms with Crippen molar-refractivity contribution < 1.29 is 26.3 Å². The molecule has 1 heterocycles. The van der Waals surface area contributed by atoms with Crippen LogP contribution in [0.2, 0.25) is 0 Å². The molecule has 10 heteroatoms.